The number of nitrogens with zero attached hydrogens (tertiary/aromatic N) is 3. The number of aromatic nitrogens is 1. The predicted octanol–water partition coefficient (Wildman–Crippen LogP) is 2.50. The summed E-state index contributed by atoms with van der Waals surface area (Å²) < 4.78 is 0. The van der Waals surface area contributed by atoms with E-state index in [1.165, 1.54) is 5.56 Å². The predicted molar refractivity (Wildman–Crippen MR) is 88.8 cm³/mol. The van der Waals surface area contributed by atoms with Crippen LogP contribution in [0.2, 0.25) is 0 Å². The van der Waals surface area contributed by atoms with Crippen molar-refractivity contribution in [2.75, 3.05) is 44.3 Å². The molecule has 21 heavy (non-hydrogen) atoms. The van der Waals surface area contributed by atoms with Crippen molar-refractivity contribution in [1.29, 1.82) is 0 Å². The third-order valence-corrected chi connectivity index (χ3v) is 4.48. The number of thioether (sulfide) groups is 1. The summed E-state index contributed by atoms with van der Waals surface area (Å²) in [7, 11) is 2.10. The zero-order valence-electron chi connectivity index (χ0n) is 12.8. The van der Waals surface area contributed by atoms with Crippen molar-refractivity contribution in [3.05, 3.63) is 23.9 Å². The van der Waals surface area contributed by atoms with E-state index in [2.05, 4.69) is 29.2 Å². The number of likely N-dealkylation sites (N-methyl/N-ethyl adjacent to an activating group) is 1. The van der Waals surface area contributed by atoms with Gasteiger partial charge in [-0.05, 0) is 43.5 Å². The molecule has 5 nitrogen and oxygen atoms in total. The van der Waals surface area contributed by atoms with E-state index in [9.17, 15) is 4.79 Å². The van der Waals surface area contributed by atoms with Gasteiger partial charge in [0.2, 0.25) is 0 Å². The van der Waals surface area contributed by atoms with Crippen molar-refractivity contribution >= 4 is 23.6 Å². The number of nitrogens with one attached hydrogen (secondary N) is 1. The molecule has 0 aliphatic carbocycles. The second kappa shape index (κ2) is 8.24. The molecule has 1 aromatic heterocycles. The molecule has 1 saturated heterocycles. The first-order chi connectivity index (χ1) is 10.2. The average Bonchev–Trinajstić information content (AvgIpc) is 2.70. The SMILES string of the molecule is CCSCc1ccnc(NC(=O)N2CCCN(C)CC2)c1. The van der Waals surface area contributed by atoms with E-state index in [4.69, 9.17) is 0 Å². The summed E-state index contributed by atoms with van der Waals surface area (Å²) in [5, 5.41) is 2.92. The van der Waals surface area contributed by atoms with E-state index in [-0.39, 0.29) is 6.03 Å². The number of hydrogen-bond acceptors (Lipinski definition) is 4. The van der Waals surface area contributed by atoms with Crippen LogP contribution >= 0.6 is 11.8 Å². The lowest BCUT2D eigenvalue weighted by molar-refractivity contribution is 0.213. The number of amides is 2. The van der Waals surface area contributed by atoms with Gasteiger partial charge in [-0.2, -0.15) is 11.8 Å². The van der Waals surface area contributed by atoms with Gasteiger partial charge in [0.1, 0.15) is 5.82 Å². The summed E-state index contributed by atoms with van der Waals surface area (Å²) in [4.78, 5) is 20.7. The first kappa shape index (κ1) is 16.1. The maximum Gasteiger partial charge on any atom is 0.323 e. The molecular formula is C15H24N4OS. The van der Waals surface area contributed by atoms with E-state index >= 15 is 0 Å². The molecular weight excluding hydrogens is 284 g/mol. The van der Waals surface area contributed by atoms with Crippen LogP contribution in [0.15, 0.2) is 18.3 Å². The quantitative estimate of drug-likeness (QED) is 0.928. The van der Waals surface area contributed by atoms with E-state index in [0.717, 1.165) is 44.1 Å². The van der Waals surface area contributed by atoms with Crippen LogP contribution in [0, 0.1) is 0 Å². The Morgan fingerprint density at radius 2 is 2.24 bits per heavy atom. The molecule has 1 N–H and O–H groups in total. The van der Waals surface area contributed by atoms with E-state index in [1.54, 1.807) is 6.20 Å². The van der Waals surface area contributed by atoms with Gasteiger partial charge in [-0.3, -0.25) is 5.32 Å². The molecule has 1 fully saturated rings. The van der Waals surface area contributed by atoms with Gasteiger partial charge >= 0.3 is 6.03 Å². The largest absolute Gasteiger partial charge is 0.323 e. The van der Waals surface area contributed by atoms with E-state index < -0.39 is 0 Å². The van der Waals surface area contributed by atoms with Crippen LogP contribution in [-0.4, -0.2) is 59.8 Å². The number of rotatable bonds is 4. The summed E-state index contributed by atoms with van der Waals surface area (Å²) in [6.07, 6.45) is 2.78. The molecule has 0 bridgehead atoms. The molecule has 1 aliphatic rings. The van der Waals surface area contributed by atoms with Gasteiger partial charge in [0.25, 0.3) is 0 Å². The number of pyridine rings is 1. The summed E-state index contributed by atoms with van der Waals surface area (Å²) in [5.41, 5.74) is 1.20. The van der Waals surface area contributed by atoms with Crippen molar-refractivity contribution in [1.82, 2.24) is 14.8 Å². The van der Waals surface area contributed by atoms with Crippen LogP contribution in [-0.2, 0) is 5.75 Å². The molecule has 0 atom stereocenters. The Hall–Kier alpha value is -1.27. The van der Waals surface area contributed by atoms with Crippen LogP contribution in [0.5, 0.6) is 0 Å². The molecule has 0 unspecified atom stereocenters. The summed E-state index contributed by atoms with van der Waals surface area (Å²) in [6.45, 7) is 5.69. The van der Waals surface area contributed by atoms with Gasteiger partial charge in [0, 0.05) is 31.6 Å². The zero-order chi connectivity index (χ0) is 15.1. The molecule has 2 rings (SSSR count). The van der Waals surface area contributed by atoms with Crippen LogP contribution in [0.4, 0.5) is 10.6 Å². The molecule has 0 radical (unpaired) electrons. The highest BCUT2D eigenvalue weighted by Gasteiger charge is 2.17. The molecule has 0 saturated carbocycles. The number of anilines is 1. The van der Waals surface area contributed by atoms with E-state index in [1.807, 2.05) is 28.8 Å². The summed E-state index contributed by atoms with van der Waals surface area (Å²) in [5.74, 6) is 2.69. The van der Waals surface area contributed by atoms with Crippen molar-refractivity contribution in [2.24, 2.45) is 0 Å². The van der Waals surface area contributed by atoms with Gasteiger partial charge in [-0.15, -0.1) is 0 Å². The summed E-state index contributed by atoms with van der Waals surface area (Å²) >= 11 is 1.86. The van der Waals surface area contributed by atoms with Crippen molar-refractivity contribution in [3.63, 3.8) is 0 Å². The maximum atomic E-state index is 12.3. The lowest BCUT2D eigenvalue weighted by Crippen LogP contribution is -2.37. The molecule has 0 spiro atoms. The second-order valence-corrected chi connectivity index (χ2v) is 6.53. The van der Waals surface area contributed by atoms with Crippen molar-refractivity contribution in [2.45, 2.75) is 19.1 Å². The number of hydrogen-bond donors (Lipinski definition) is 1. The minimum atomic E-state index is -0.0434. The van der Waals surface area contributed by atoms with E-state index in [0.29, 0.717) is 5.82 Å². The van der Waals surface area contributed by atoms with Crippen LogP contribution in [0.1, 0.15) is 18.9 Å². The highest BCUT2D eigenvalue weighted by Crippen LogP contribution is 2.15. The second-order valence-electron chi connectivity index (χ2n) is 5.26. The van der Waals surface area contributed by atoms with Crippen LogP contribution in [0.25, 0.3) is 0 Å². The minimum Gasteiger partial charge on any atom is -0.323 e. The Kier molecular flexibility index (Phi) is 6.32. The highest BCUT2D eigenvalue weighted by atomic mass is 32.2. The Bertz CT molecular complexity index is 469. The lowest BCUT2D eigenvalue weighted by Gasteiger charge is -2.20. The monoisotopic (exact) mass is 308 g/mol. The normalized spacial score (nSPS) is 16.6. The number of urea groups is 1. The number of carbonyl (C=O) groups is 1. The first-order valence-corrected chi connectivity index (χ1v) is 8.61. The van der Waals surface area contributed by atoms with Gasteiger partial charge in [-0.1, -0.05) is 6.92 Å². The van der Waals surface area contributed by atoms with Gasteiger partial charge in [0.05, 0.1) is 0 Å². The Morgan fingerprint density at radius 3 is 3.05 bits per heavy atom. The smallest absolute Gasteiger partial charge is 0.323 e. The average molecular weight is 308 g/mol. The summed E-state index contributed by atoms with van der Waals surface area (Å²) in [6, 6.07) is 3.92. The maximum absolute atomic E-state index is 12.3. The third kappa shape index (κ3) is 5.21. The highest BCUT2D eigenvalue weighted by molar-refractivity contribution is 7.98. The fourth-order valence-corrected chi connectivity index (χ4v) is 2.91. The molecule has 1 aliphatic heterocycles. The Morgan fingerprint density at radius 1 is 1.38 bits per heavy atom. The van der Waals surface area contributed by atoms with Gasteiger partial charge in [0.15, 0.2) is 0 Å². The fraction of sp³-hybridized carbons (Fsp3) is 0.600. The molecule has 2 heterocycles. The standard InChI is InChI=1S/C15H24N4OS/c1-3-21-12-13-5-6-16-14(11-13)17-15(20)19-8-4-7-18(2)9-10-19/h5-6,11H,3-4,7-10,12H2,1-2H3,(H,16,17,20). The fourth-order valence-electron chi connectivity index (χ4n) is 2.29. The Labute approximate surface area is 131 Å². The molecule has 6 heteroatoms. The zero-order valence-corrected chi connectivity index (χ0v) is 13.7. The molecule has 1 aromatic rings. The molecule has 2 amide bonds. The topological polar surface area (TPSA) is 48.5 Å². The van der Waals surface area contributed by atoms with Crippen molar-refractivity contribution < 1.29 is 4.79 Å². The molecule has 0 aromatic carbocycles. The van der Waals surface area contributed by atoms with Gasteiger partial charge in [-0.25, -0.2) is 9.78 Å². The van der Waals surface area contributed by atoms with Crippen LogP contribution < -0.4 is 5.32 Å². The lowest BCUT2D eigenvalue weighted by atomic mass is 10.3. The Balaban J connectivity index is 1.92. The van der Waals surface area contributed by atoms with Crippen molar-refractivity contribution in [3.8, 4) is 0 Å². The third-order valence-electron chi connectivity index (χ3n) is 3.54. The van der Waals surface area contributed by atoms with Gasteiger partial charge < -0.3 is 9.80 Å². The first-order valence-electron chi connectivity index (χ1n) is 7.46. The molecule has 116 valence electrons. The number of carbonyl (C=O) groups excluding carboxylic acids is 1. The van der Waals surface area contributed by atoms with Crippen LogP contribution in [0.3, 0.4) is 0 Å². The minimum absolute atomic E-state index is 0.0434.